The van der Waals surface area contributed by atoms with Gasteiger partial charge in [0.1, 0.15) is 6.61 Å². The minimum absolute atomic E-state index is 0.0229. The summed E-state index contributed by atoms with van der Waals surface area (Å²) in [4.78, 5) is 39.7. The SMILES string of the molecule is O=C1c2ccccc2C(=O)N1CCOc1c(/C=C/c2ccccc2)oc2c(Br)cc(Cl)cc2c1=O. The molecule has 1 aromatic heterocycles. The van der Waals surface area contributed by atoms with Crippen LogP contribution < -0.4 is 10.2 Å². The number of rotatable bonds is 6. The van der Waals surface area contributed by atoms with Crippen LogP contribution in [0.15, 0.2) is 80.4 Å². The zero-order valence-corrected chi connectivity index (χ0v) is 20.5. The Bertz CT molecular complexity index is 1530. The second-order valence-corrected chi connectivity index (χ2v) is 9.08. The Morgan fingerprint density at radius 2 is 1.57 bits per heavy atom. The fraction of sp³-hybridized carbons (Fsp3) is 0.0741. The molecule has 8 heteroatoms. The fourth-order valence-corrected chi connectivity index (χ4v) is 4.78. The molecule has 1 aliphatic heterocycles. The van der Waals surface area contributed by atoms with Crippen LogP contribution in [0.5, 0.6) is 5.75 Å². The molecule has 0 radical (unpaired) electrons. The molecule has 5 rings (SSSR count). The quantitative estimate of drug-likeness (QED) is 0.273. The first-order chi connectivity index (χ1) is 16.9. The van der Waals surface area contributed by atoms with Crippen molar-refractivity contribution in [2.24, 2.45) is 0 Å². The van der Waals surface area contributed by atoms with E-state index in [4.69, 9.17) is 20.8 Å². The van der Waals surface area contributed by atoms with Crippen LogP contribution in [-0.2, 0) is 0 Å². The highest BCUT2D eigenvalue weighted by atomic mass is 79.9. The van der Waals surface area contributed by atoms with E-state index in [1.165, 1.54) is 6.07 Å². The Balaban J connectivity index is 1.47. The number of benzene rings is 3. The molecule has 0 unspecified atom stereocenters. The standard InChI is InChI=1S/C27H17BrClNO5/c28-21-15-17(29)14-20-23(31)25(22(35-24(20)21)11-10-16-6-2-1-3-7-16)34-13-12-30-26(32)18-8-4-5-9-19(18)27(30)33/h1-11,14-15H,12-13H2/b11-10+. The second kappa shape index (κ2) is 9.52. The van der Waals surface area contributed by atoms with Crippen LogP contribution in [0.3, 0.4) is 0 Å². The summed E-state index contributed by atoms with van der Waals surface area (Å²) in [5.41, 5.74) is 1.54. The Morgan fingerprint density at radius 3 is 2.26 bits per heavy atom. The predicted octanol–water partition coefficient (Wildman–Crippen LogP) is 6.05. The van der Waals surface area contributed by atoms with Crippen LogP contribution in [0.1, 0.15) is 32.0 Å². The highest BCUT2D eigenvalue weighted by molar-refractivity contribution is 9.10. The zero-order chi connectivity index (χ0) is 24.5. The normalized spacial score (nSPS) is 13.1. The third kappa shape index (κ3) is 4.40. The molecule has 0 aliphatic carbocycles. The maximum atomic E-state index is 13.4. The lowest BCUT2D eigenvalue weighted by Crippen LogP contribution is -2.34. The van der Waals surface area contributed by atoms with Crippen molar-refractivity contribution in [1.82, 2.24) is 4.90 Å². The summed E-state index contributed by atoms with van der Waals surface area (Å²) in [6, 6.07) is 19.3. The number of halogens is 2. The fourth-order valence-electron chi connectivity index (χ4n) is 3.89. The molecular weight excluding hydrogens is 534 g/mol. The number of carbonyl (C=O) groups excluding carboxylic acids is 2. The summed E-state index contributed by atoms with van der Waals surface area (Å²) in [6.45, 7) is -0.111. The molecule has 0 bridgehead atoms. The van der Waals surface area contributed by atoms with Crippen LogP contribution in [0.2, 0.25) is 5.02 Å². The van der Waals surface area contributed by atoms with Gasteiger partial charge in [0.05, 0.1) is 27.5 Å². The van der Waals surface area contributed by atoms with Crippen molar-refractivity contribution in [2.75, 3.05) is 13.2 Å². The monoisotopic (exact) mass is 549 g/mol. The lowest BCUT2D eigenvalue weighted by molar-refractivity contribution is 0.0630. The molecule has 4 aromatic rings. The van der Waals surface area contributed by atoms with E-state index in [1.807, 2.05) is 30.3 Å². The Hall–Kier alpha value is -3.68. The number of carbonyl (C=O) groups is 2. The largest absolute Gasteiger partial charge is 0.484 e. The molecule has 0 atom stereocenters. The van der Waals surface area contributed by atoms with E-state index < -0.39 is 5.43 Å². The topological polar surface area (TPSA) is 76.8 Å². The average Bonchev–Trinajstić information content (AvgIpc) is 3.10. The van der Waals surface area contributed by atoms with Crippen LogP contribution >= 0.6 is 27.5 Å². The minimum Gasteiger partial charge on any atom is -0.484 e. The van der Waals surface area contributed by atoms with Gasteiger partial charge in [-0.05, 0) is 51.8 Å². The van der Waals surface area contributed by atoms with E-state index >= 15 is 0 Å². The molecular formula is C27H17BrClNO5. The van der Waals surface area contributed by atoms with Gasteiger partial charge in [-0.2, -0.15) is 0 Å². The van der Waals surface area contributed by atoms with Gasteiger partial charge in [-0.15, -0.1) is 0 Å². The first-order valence-corrected chi connectivity index (χ1v) is 11.9. The van der Waals surface area contributed by atoms with E-state index in [1.54, 1.807) is 42.5 Å². The number of imide groups is 1. The highest BCUT2D eigenvalue weighted by Crippen LogP contribution is 2.31. The van der Waals surface area contributed by atoms with Crippen LogP contribution in [0.25, 0.3) is 23.1 Å². The number of nitrogens with zero attached hydrogens (tertiary/aromatic N) is 1. The summed E-state index contributed by atoms with van der Waals surface area (Å²) < 4.78 is 12.4. The van der Waals surface area contributed by atoms with Gasteiger partial charge in [-0.1, -0.05) is 60.1 Å². The maximum Gasteiger partial charge on any atom is 0.261 e. The molecule has 0 fully saturated rings. The highest BCUT2D eigenvalue weighted by Gasteiger charge is 2.34. The number of amides is 2. The van der Waals surface area contributed by atoms with Gasteiger partial charge in [-0.3, -0.25) is 19.3 Å². The van der Waals surface area contributed by atoms with Crippen LogP contribution in [0.4, 0.5) is 0 Å². The van der Waals surface area contributed by atoms with Crippen LogP contribution in [-0.4, -0.2) is 29.9 Å². The third-order valence-electron chi connectivity index (χ3n) is 5.56. The Labute approximate surface area is 213 Å². The van der Waals surface area contributed by atoms with Crippen molar-refractivity contribution < 1.29 is 18.7 Å². The van der Waals surface area contributed by atoms with Gasteiger partial charge in [0.15, 0.2) is 11.3 Å². The van der Waals surface area contributed by atoms with E-state index in [0.717, 1.165) is 10.5 Å². The molecule has 0 saturated heterocycles. The zero-order valence-electron chi connectivity index (χ0n) is 18.2. The van der Waals surface area contributed by atoms with E-state index in [-0.39, 0.29) is 41.9 Å². The van der Waals surface area contributed by atoms with Crippen molar-refractivity contribution >= 4 is 62.5 Å². The summed E-state index contributed by atoms with van der Waals surface area (Å²) in [5, 5.41) is 0.609. The van der Waals surface area contributed by atoms with Crippen molar-refractivity contribution in [2.45, 2.75) is 0 Å². The minimum atomic E-state index is -0.412. The Kier molecular flexibility index (Phi) is 6.28. The first-order valence-electron chi connectivity index (χ1n) is 10.7. The van der Waals surface area contributed by atoms with Gasteiger partial charge in [0.25, 0.3) is 11.8 Å². The molecule has 0 saturated carbocycles. The third-order valence-corrected chi connectivity index (χ3v) is 6.37. The molecule has 2 amide bonds. The lowest BCUT2D eigenvalue weighted by atomic mass is 10.1. The number of hydrogen-bond donors (Lipinski definition) is 0. The van der Waals surface area contributed by atoms with E-state index in [9.17, 15) is 14.4 Å². The molecule has 1 aliphatic rings. The van der Waals surface area contributed by atoms with Gasteiger partial charge in [-0.25, -0.2) is 0 Å². The van der Waals surface area contributed by atoms with Crippen molar-refractivity contribution in [3.63, 3.8) is 0 Å². The molecule has 174 valence electrons. The first kappa shape index (κ1) is 23.1. The van der Waals surface area contributed by atoms with Gasteiger partial charge in [0, 0.05) is 5.02 Å². The van der Waals surface area contributed by atoms with Crippen molar-refractivity contribution in [1.29, 1.82) is 0 Å². The number of ether oxygens (including phenoxy) is 1. The van der Waals surface area contributed by atoms with E-state index in [2.05, 4.69) is 15.9 Å². The molecule has 0 N–H and O–H groups in total. The molecule has 6 nitrogen and oxygen atoms in total. The van der Waals surface area contributed by atoms with Crippen molar-refractivity contribution in [3.05, 3.63) is 109 Å². The van der Waals surface area contributed by atoms with E-state index in [0.29, 0.717) is 26.2 Å². The number of fused-ring (bicyclic) bond motifs is 2. The molecule has 35 heavy (non-hydrogen) atoms. The summed E-state index contributed by atoms with van der Waals surface area (Å²) >= 11 is 9.55. The predicted molar refractivity (Wildman–Crippen MR) is 138 cm³/mol. The summed E-state index contributed by atoms with van der Waals surface area (Å²) in [6.07, 6.45) is 3.44. The Morgan fingerprint density at radius 1 is 0.914 bits per heavy atom. The molecule has 2 heterocycles. The lowest BCUT2D eigenvalue weighted by Gasteiger charge is -2.15. The summed E-state index contributed by atoms with van der Waals surface area (Å²) in [5.74, 6) is -0.605. The van der Waals surface area contributed by atoms with Gasteiger partial charge >= 0.3 is 0 Å². The average molecular weight is 551 g/mol. The van der Waals surface area contributed by atoms with Crippen LogP contribution in [0, 0.1) is 0 Å². The van der Waals surface area contributed by atoms with Gasteiger partial charge < -0.3 is 9.15 Å². The smallest absolute Gasteiger partial charge is 0.261 e. The second-order valence-electron chi connectivity index (χ2n) is 7.79. The van der Waals surface area contributed by atoms with Gasteiger partial charge in [0.2, 0.25) is 11.2 Å². The maximum absolute atomic E-state index is 13.4. The number of hydrogen-bond acceptors (Lipinski definition) is 5. The van der Waals surface area contributed by atoms with Crippen molar-refractivity contribution in [3.8, 4) is 5.75 Å². The summed E-state index contributed by atoms with van der Waals surface area (Å²) in [7, 11) is 0. The molecule has 0 spiro atoms. The molecule has 3 aromatic carbocycles.